The zero-order chi connectivity index (χ0) is 13.3. The van der Waals surface area contributed by atoms with Crippen molar-refractivity contribution in [3.8, 4) is 0 Å². The number of rotatable bonds is 9. The van der Waals surface area contributed by atoms with Crippen molar-refractivity contribution >= 4 is 10.1 Å². The lowest BCUT2D eigenvalue weighted by Crippen LogP contribution is -2.10. The molecule has 0 aliphatic rings. The van der Waals surface area contributed by atoms with Gasteiger partial charge in [0.25, 0.3) is 10.1 Å². The summed E-state index contributed by atoms with van der Waals surface area (Å²) in [5, 5.41) is 0. The molecule has 0 aliphatic heterocycles. The van der Waals surface area contributed by atoms with Gasteiger partial charge in [0.15, 0.2) is 0 Å². The van der Waals surface area contributed by atoms with E-state index in [2.05, 4.69) is 6.58 Å². The van der Waals surface area contributed by atoms with Gasteiger partial charge in [0, 0.05) is 0 Å². The number of hydrogen-bond donors (Lipinski definition) is 0. The van der Waals surface area contributed by atoms with E-state index in [4.69, 9.17) is 8.92 Å². The van der Waals surface area contributed by atoms with Crippen molar-refractivity contribution in [3.63, 3.8) is 0 Å². The molecule has 4 nitrogen and oxygen atoms in total. The van der Waals surface area contributed by atoms with E-state index in [1.807, 2.05) is 6.07 Å². The first kappa shape index (κ1) is 14.7. The largest absolute Gasteiger partial charge is 0.502 e. The van der Waals surface area contributed by atoms with Crippen molar-refractivity contribution in [2.24, 2.45) is 0 Å². The minimum atomic E-state index is -3.49. The van der Waals surface area contributed by atoms with E-state index < -0.39 is 10.1 Å². The normalized spacial score (nSPS) is 11.1. The van der Waals surface area contributed by atoms with Crippen molar-refractivity contribution < 1.29 is 17.3 Å². The highest BCUT2D eigenvalue weighted by atomic mass is 32.2. The average Bonchev–Trinajstić information content (AvgIpc) is 2.34. The van der Waals surface area contributed by atoms with Crippen LogP contribution in [-0.2, 0) is 24.8 Å². The fourth-order valence-electron chi connectivity index (χ4n) is 1.38. The molecule has 0 saturated heterocycles. The van der Waals surface area contributed by atoms with Gasteiger partial charge in [0.2, 0.25) is 0 Å². The van der Waals surface area contributed by atoms with Crippen LogP contribution < -0.4 is 0 Å². The quantitative estimate of drug-likeness (QED) is 0.393. The number of ether oxygens (including phenoxy) is 1. The second-order valence-corrected chi connectivity index (χ2v) is 5.39. The van der Waals surface area contributed by atoms with E-state index in [0.29, 0.717) is 13.0 Å². The zero-order valence-corrected chi connectivity index (χ0v) is 11.1. The van der Waals surface area contributed by atoms with Gasteiger partial charge in [-0.05, 0) is 18.4 Å². The Morgan fingerprint density at radius 2 is 1.78 bits per heavy atom. The van der Waals surface area contributed by atoms with Crippen molar-refractivity contribution in [2.75, 3.05) is 13.2 Å². The van der Waals surface area contributed by atoms with E-state index in [1.165, 1.54) is 6.26 Å². The van der Waals surface area contributed by atoms with Crippen molar-refractivity contribution in [1.29, 1.82) is 0 Å². The molecule has 18 heavy (non-hydrogen) atoms. The monoisotopic (exact) mass is 270 g/mol. The Labute approximate surface area is 108 Å². The standard InChI is InChI=1S/C13H18O4S/c1-2-16-10-6-7-11-17-18(14,15)12-13-8-4-3-5-9-13/h2-5,8-9H,1,6-7,10-12H2. The summed E-state index contributed by atoms with van der Waals surface area (Å²) in [6.45, 7) is 4.14. The second kappa shape index (κ2) is 7.89. The van der Waals surface area contributed by atoms with E-state index >= 15 is 0 Å². The molecule has 0 fully saturated rings. The Balaban J connectivity index is 2.26. The molecule has 0 saturated carbocycles. The highest BCUT2D eigenvalue weighted by molar-refractivity contribution is 7.85. The third-order valence-electron chi connectivity index (χ3n) is 2.22. The highest BCUT2D eigenvalue weighted by Gasteiger charge is 2.11. The first-order valence-corrected chi connectivity index (χ1v) is 7.35. The minimum Gasteiger partial charge on any atom is -0.502 e. The van der Waals surface area contributed by atoms with Gasteiger partial charge in [0.05, 0.1) is 19.5 Å². The number of hydrogen-bond acceptors (Lipinski definition) is 4. The van der Waals surface area contributed by atoms with Crippen LogP contribution in [0.4, 0.5) is 0 Å². The van der Waals surface area contributed by atoms with Crippen LogP contribution >= 0.6 is 0 Å². The molecule has 100 valence electrons. The third-order valence-corrected chi connectivity index (χ3v) is 3.44. The summed E-state index contributed by atoms with van der Waals surface area (Å²) < 4.78 is 33.1. The van der Waals surface area contributed by atoms with Crippen LogP contribution in [0, 0.1) is 0 Å². The topological polar surface area (TPSA) is 52.6 Å². The summed E-state index contributed by atoms with van der Waals surface area (Å²) >= 11 is 0. The molecule has 0 amide bonds. The van der Waals surface area contributed by atoms with Gasteiger partial charge >= 0.3 is 0 Å². The van der Waals surface area contributed by atoms with Gasteiger partial charge in [-0.25, -0.2) is 0 Å². The first-order valence-electron chi connectivity index (χ1n) is 5.77. The van der Waals surface area contributed by atoms with Crippen LogP contribution in [0.25, 0.3) is 0 Å². The molecule has 0 aliphatic carbocycles. The maximum atomic E-state index is 11.6. The number of unbranched alkanes of at least 4 members (excludes halogenated alkanes) is 1. The highest BCUT2D eigenvalue weighted by Crippen LogP contribution is 2.07. The zero-order valence-electron chi connectivity index (χ0n) is 10.2. The summed E-state index contributed by atoms with van der Waals surface area (Å²) in [4.78, 5) is 0. The predicted octanol–water partition coefficient (Wildman–Crippen LogP) is 2.47. The summed E-state index contributed by atoms with van der Waals surface area (Å²) in [7, 11) is -3.49. The molecule has 0 spiro atoms. The van der Waals surface area contributed by atoms with E-state index in [0.717, 1.165) is 12.0 Å². The van der Waals surface area contributed by atoms with Gasteiger partial charge in [-0.1, -0.05) is 36.9 Å². The Bertz CT molecular complexity index is 439. The van der Waals surface area contributed by atoms with Gasteiger partial charge < -0.3 is 4.74 Å². The predicted molar refractivity (Wildman–Crippen MR) is 70.4 cm³/mol. The summed E-state index contributed by atoms with van der Waals surface area (Å²) in [6, 6.07) is 8.98. The molecule has 0 heterocycles. The molecule has 5 heteroatoms. The fraction of sp³-hybridized carbons (Fsp3) is 0.385. The van der Waals surface area contributed by atoms with Crippen molar-refractivity contribution in [3.05, 3.63) is 48.7 Å². The van der Waals surface area contributed by atoms with E-state index in [1.54, 1.807) is 24.3 Å². The average molecular weight is 270 g/mol. The molecule has 1 aromatic rings. The minimum absolute atomic E-state index is 0.0863. The van der Waals surface area contributed by atoms with Crippen LogP contribution in [0.3, 0.4) is 0 Å². The lowest BCUT2D eigenvalue weighted by Gasteiger charge is -2.05. The fourth-order valence-corrected chi connectivity index (χ4v) is 2.43. The lowest BCUT2D eigenvalue weighted by molar-refractivity contribution is 0.227. The molecule has 0 bridgehead atoms. The smallest absolute Gasteiger partial charge is 0.271 e. The Morgan fingerprint density at radius 1 is 1.11 bits per heavy atom. The van der Waals surface area contributed by atoms with Crippen LogP contribution in [0.5, 0.6) is 0 Å². The van der Waals surface area contributed by atoms with Gasteiger partial charge in [-0.2, -0.15) is 8.42 Å². The SMILES string of the molecule is C=COCCCCOS(=O)(=O)Cc1ccccc1. The maximum absolute atomic E-state index is 11.6. The Kier molecular flexibility index (Phi) is 6.46. The molecule has 0 radical (unpaired) electrons. The van der Waals surface area contributed by atoms with Gasteiger partial charge in [-0.3, -0.25) is 4.18 Å². The molecule has 0 aromatic heterocycles. The summed E-state index contributed by atoms with van der Waals surface area (Å²) in [5.41, 5.74) is 0.729. The van der Waals surface area contributed by atoms with Crippen molar-refractivity contribution in [2.45, 2.75) is 18.6 Å². The molecular weight excluding hydrogens is 252 g/mol. The molecule has 0 atom stereocenters. The second-order valence-electron chi connectivity index (χ2n) is 3.75. The third kappa shape index (κ3) is 6.42. The van der Waals surface area contributed by atoms with E-state index in [9.17, 15) is 8.42 Å². The molecule has 1 aromatic carbocycles. The molecule has 0 unspecified atom stereocenters. The van der Waals surface area contributed by atoms with E-state index in [-0.39, 0.29) is 12.4 Å². The van der Waals surface area contributed by atoms with Crippen LogP contribution in [0.1, 0.15) is 18.4 Å². The molecular formula is C13H18O4S. The summed E-state index contributed by atoms with van der Waals surface area (Å²) in [6.07, 6.45) is 2.75. The molecule has 1 rings (SSSR count). The van der Waals surface area contributed by atoms with Crippen LogP contribution in [0.15, 0.2) is 43.2 Å². The number of benzene rings is 1. The summed E-state index contributed by atoms with van der Waals surface area (Å²) in [5.74, 6) is -0.0863. The van der Waals surface area contributed by atoms with Crippen LogP contribution in [0.2, 0.25) is 0 Å². The first-order chi connectivity index (χ1) is 8.64. The molecule has 0 N–H and O–H groups in total. The van der Waals surface area contributed by atoms with Crippen LogP contribution in [-0.4, -0.2) is 21.6 Å². The lowest BCUT2D eigenvalue weighted by atomic mass is 10.2. The Morgan fingerprint density at radius 3 is 2.44 bits per heavy atom. The van der Waals surface area contributed by atoms with Gasteiger partial charge in [-0.15, -0.1) is 0 Å². The van der Waals surface area contributed by atoms with Crippen molar-refractivity contribution in [1.82, 2.24) is 0 Å². The maximum Gasteiger partial charge on any atom is 0.271 e. The van der Waals surface area contributed by atoms with Gasteiger partial charge in [0.1, 0.15) is 5.75 Å². The Hall–Kier alpha value is -1.33.